The molecule has 0 unspecified atom stereocenters. The molecule has 9 heteroatoms. The van der Waals surface area contributed by atoms with Crippen LogP contribution in [0.1, 0.15) is 0 Å². The minimum absolute atomic E-state index is 1.95. The minimum Gasteiger partial charge on any atom is -0.390 e. The second-order valence-corrected chi connectivity index (χ2v) is 4.78. The number of aliphatic hydroxyl groups excluding tert-OH is 1. The number of halogens is 8. The molecule has 1 N–H and O–H groups in total. The molecule has 0 atom stereocenters. The highest BCUT2D eigenvalue weighted by Gasteiger charge is 2.69. The Kier molecular flexibility index (Phi) is 4.64. The molecule has 0 spiro atoms. The summed E-state index contributed by atoms with van der Waals surface area (Å²) in [5.74, 6) is -8.90. The summed E-state index contributed by atoms with van der Waals surface area (Å²) in [4.78, 5) is -2.52. The smallest absolute Gasteiger partial charge is 0.316 e. The average molecular weight is 298 g/mol. The molecule has 0 radical (unpaired) electrons. The third kappa shape index (κ3) is 2.32. The third-order valence-electron chi connectivity index (χ3n) is 1.35. The summed E-state index contributed by atoms with van der Waals surface area (Å²) in [6.07, 6.45) is 0. The number of hydrogen-bond donors (Lipinski definition) is 1. The monoisotopic (exact) mass is 296 g/mol. The Balaban J connectivity index is 5.14. The number of hydrogen-bond acceptors (Lipinski definition) is 1. The fourth-order valence-corrected chi connectivity index (χ4v) is 1.37. The van der Waals surface area contributed by atoms with Crippen LogP contribution in [0.2, 0.25) is 0 Å². The predicted molar refractivity (Wildman–Crippen MR) is 46.9 cm³/mol. The van der Waals surface area contributed by atoms with E-state index in [9.17, 15) is 17.6 Å². The van der Waals surface area contributed by atoms with Crippen LogP contribution in [0, 0.1) is 0 Å². The van der Waals surface area contributed by atoms with E-state index in [-0.39, 0.29) is 0 Å². The van der Waals surface area contributed by atoms with Gasteiger partial charge in [-0.3, -0.25) is 0 Å². The lowest BCUT2D eigenvalue weighted by atomic mass is 10.1. The molecule has 0 aliphatic rings. The van der Waals surface area contributed by atoms with Crippen LogP contribution in [0.4, 0.5) is 17.6 Å². The lowest BCUT2D eigenvalue weighted by Crippen LogP contribution is -2.56. The van der Waals surface area contributed by atoms with Crippen LogP contribution in [0.25, 0.3) is 0 Å². The van der Waals surface area contributed by atoms with Gasteiger partial charge in [-0.25, -0.2) is 8.78 Å². The highest BCUT2D eigenvalue weighted by atomic mass is 35.5. The highest BCUT2D eigenvalue weighted by molar-refractivity contribution is 6.52. The van der Waals surface area contributed by atoms with Crippen LogP contribution in [0.15, 0.2) is 0 Å². The van der Waals surface area contributed by atoms with E-state index >= 15 is 0 Å². The molecular formula is C5H4Cl4F4O. The molecule has 86 valence electrons. The van der Waals surface area contributed by atoms with Crippen LogP contribution in [-0.2, 0) is 0 Å². The van der Waals surface area contributed by atoms with Gasteiger partial charge >= 0.3 is 11.8 Å². The standard InChI is InChI=1S/C5H4Cl4F4O/c6-2(7)4(12,13)5(8,9)3(10,11)1-14/h2,14H,1H2. The van der Waals surface area contributed by atoms with E-state index in [4.69, 9.17) is 51.5 Å². The maximum Gasteiger partial charge on any atom is 0.316 e. The molecule has 0 saturated carbocycles. The van der Waals surface area contributed by atoms with Crippen molar-refractivity contribution < 1.29 is 22.7 Å². The van der Waals surface area contributed by atoms with Crippen molar-refractivity contribution in [2.75, 3.05) is 6.61 Å². The maximum absolute atomic E-state index is 12.9. The average Bonchev–Trinajstić information content (AvgIpc) is 2.03. The fourth-order valence-electron chi connectivity index (χ4n) is 0.480. The third-order valence-corrected chi connectivity index (χ3v) is 2.96. The molecule has 0 aromatic heterocycles. The molecule has 0 rings (SSSR count). The van der Waals surface area contributed by atoms with Gasteiger partial charge < -0.3 is 5.11 Å². The SMILES string of the molecule is OCC(F)(F)C(Cl)(Cl)C(F)(F)C(Cl)Cl. The Morgan fingerprint density at radius 3 is 1.64 bits per heavy atom. The van der Waals surface area contributed by atoms with Crippen molar-refractivity contribution in [3.05, 3.63) is 0 Å². The molecule has 0 aliphatic carbocycles. The summed E-state index contributed by atoms with van der Waals surface area (Å²) in [5, 5.41) is 8.14. The van der Waals surface area contributed by atoms with E-state index in [1.54, 1.807) is 0 Å². The van der Waals surface area contributed by atoms with Crippen LogP contribution >= 0.6 is 46.4 Å². The maximum atomic E-state index is 12.9. The summed E-state index contributed by atoms with van der Waals surface area (Å²) in [7, 11) is 0. The Bertz CT molecular complexity index is 208. The fraction of sp³-hybridized carbons (Fsp3) is 1.00. The van der Waals surface area contributed by atoms with Crippen molar-refractivity contribution in [2.24, 2.45) is 0 Å². The molecule has 0 heterocycles. The van der Waals surface area contributed by atoms with Gasteiger partial charge in [0.25, 0.3) is 0 Å². The van der Waals surface area contributed by atoms with Crippen LogP contribution in [0.5, 0.6) is 0 Å². The summed E-state index contributed by atoms with van der Waals surface area (Å²) in [5.41, 5.74) is 0. The first kappa shape index (κ1) is 14.8. The van der Waals surface area contributed by atoms with Gasteiger partial charge in [0.1, 0.15) is 6.61 Å². The van der Waals surface area contributed by atoms with E-state index in [2.05, 4.69) is 0 Å². The topological polar surface area (TPSA) is 20.2 Å². The number of aliphatic hydroxyl groups is 1. The Morgan fingerprint density at radius 2 is 1.43 bits per heavy atom. The summed E-state index contributed by atoms with van der Waals surface area (Å²) in [6, 6.07) is 0. The first-order valence-corrected chi connectivity index (χ1v) is 4.66. The van der Waals surface area contributed by atoms with E-state index in [0.717, 1.165) is 0 Å². The summed E-state index contributed by atoms with van der Waals surface area (Å²) < 4.78 is 47.3. The molecule has 1 nitrogen and oxygen atoms in total. The number of alkyl halides is 8. The Hall–Kier alpha value is 0.840. The van der Waals surface area contributed by atoms with Crippen LogP contribution < -0.4 is 0 Å². The zero-order chi connectivity index (χ0) is 11.8. The lowest BCUT2D eigenvalue weighted by Gasteiger charge is -2.35. The molecule has 0 aromatic carbocycles. The van der Waals surface area contributed by atoms with Crippen molar-refractivity contribution >= 4 is 46.4 Å². The molecule has 0 fully saturated rings. The van der Waals surface area contributed by atoms with Crippen molar-refractivity contribution in [1.29, 1.82) is 0 Å². The zero-order valence-corrected chi connectivity index (χ0v) is 9.28. The van der Waals surface area contributed by atoms with Gasteiger partial charge in [0.05, 0.1) is 0 Å². The highest BCUT2D eigenvalue weighted by Crippen LogP contribution is 2.52. The van der Waals surface area contributed by atoms with Gasteiger partial charge in [0, 0.05) is 0 Å². The van der Waals surface area contributed by atoms with Gasteiger partial charge in [-0.2, -0.15) is 8.78 Å². The summed E-state index contributed by atoms with van der Waals surface area (Å²) >= 11 is 19.0. The molecule has 0 bridgehead atoms. The van der Waals surface area contributed by atoms with Gasteiger partial charge in [-0.1, -0.05) is 46.4 Å². The first-order chi connectivity index (χ1) is 6.00. The predicted octanol–water partition coefficient (Wildman–Crippen LogP) is 3.23. The Labute approximate surface area is 96.9 Å². The molecule has 14 heavy (non-hydrogen) atoms. The zero-order valence-electron chi connectivity index (χ0n) is 6.26. The second kappa shape index (κ2) is 4.37. The normalized spacial score (nSPS) is 15.0. The molecule has 0 aromatic rings. The van der Waals surface area contributed by atoms with Gasteiger partial charge in [0.15, 0.2) is 4.84 Å². The van der Waals surface area contributed by atoms with E-state index < -0.39 is 27.6 Å². The van der Waals surface area contributed by atoms with Crippen molar-refractivity contribution in [1.82, 2.24) is 0 Å². The van der Waals surface area contributed by atoms with E-state index in [0.29, 0.717) is 0 Å². The van der Waals surface area contributed by atoms with Crippen LogP contribution in [0.3, 0.4) is 0 Å². The lowest BCUT2D eigenvalue weighted by molar-refractivity contribution is -0.136. The molecule has 0 aliphatic heterocycles. The largest absolute Gasteiger partial charge is 0.390 e. The van der Waals surface area contributed by atoms with Gasteiger partial charge in [-0.05, 0) is 0 Å². The van der Waals surface area contributed by atoms with Gasteiger partial charge in [0.2, 0.25) is 4.33 Å². The van der Waals surface area contributed by atoms with Crippen LogP contribution in [-0.4, -0.2) is 32.7 Å². The van der Waals surface area contributed by atoms with Gasteiger partial charge in [-0.15, -0.1) is 0 Å². The van der Waals surface area contributed by atoms with E-state index in [1.165, 1.54) is 0 Å². The molecular weight excluding hydrogens is 294 g/mol. The second-order valence-electron chi connectivity index (χ2n) is 2.36. The minimum atomic E-state index is -4.47. The van der Waals surface area contributed by atoms with Crippen molar-refractivity contribution in [3.8, 4) is 0 Å². The molecule has 0 saturated heterocycles. The first-order valence-electron chi connectivity index (χ1n) is 3.03. The van der Waals surface area contributed by atoms with Crippen molar-refractivity contribution in [2.45, 2.75) is 21.0 Å². The number of rotatable bonds is 4. The van der Waals surface area contributed by atoms with Crippen molar-refractivity contribution in [3.63, 3.8) is 0 Å². The quantitative estimate of drug-likeness (QED) is 0.624. The summed E-state index contributed by atoms with van der Waals surface area (Å²) in [6.45, 7) is -1.95. The van der Waals surface area contributed by atoms with E-state index in [1.807, 2.05) is 0 Å². The molecule has 0 amide bonds. The Morgan fingerprint density at radius 1 is 1.07 bits per heavy atom.